The summed E-state index contributed by atoms with van der Waals surface area (Å²) in [5.74, 6) is -1.29. The third-order valence-corrected chi connectivity index (χ3v) is 7.00. The van der Waals surface area contributed by atoms with Crippen LogP contribution < -0.4 is 14.9 Å². The van der Waals surface area contributed by atoms with Gasteiger partial charge in [-0.2, -0.15) is 5.09 Å². The Morgan fingerprint density at radius 1 is 1.39 bits per heavy atom. The Bertz CT molecular complexity index is 1050. The molecular weight excluding hydrogens is 500 g/mol. The molecule has 12 nitrogen and oxygen atoms in total. The molecule has 1 aromatic carbocycles. The van der Waals surface area contributed by atoms with E-state index in [0.717, 1.165) is 6.92 Å². The van der Waals surface area contributed by atoms with Crippen LogP contribution in [0.4, 0.5) is 9.18 Å². The number of esters is 1. The van der Waals surface area contributed by atoms with Crippen LogP contribution in [0.1, 0.15) is 35.5 Å². The number of para-hydroxylation sites is 1. The number of aliphatic hydroxyl groups is 1. The molecule has 1 aromatic rings. The van der Waals surface area contributed by atoms with Gasteiger partial charge >= 0.3 is 19.7 Å². The highest BCUT2D eigenvalue weighted by molar-refractivity contribution is 7.52. The van der Waals surface area contributed by atoms with Crippen LogP contribution in [0.5, 0.6) is 5.75 Å². The van der Waals surface area contributed by atoms with E-state index in [4.69, 9.17) is 19.9 Å². The molecule has 1 unspecified atom stereocenters. The van der Waals surface area contributed by atoms with Crippen molar-refractivity contribution in [3.63, 3.8) is 0 Å². The van der Waals surface area contributed by atoms with Gasteiger partial charge in [-0.05, 0) is 39.8 Å². The second-order valence-corrected chi connectivity index (χ2v) is 10.5. The molecule has 200 valence electrons. The number of ether oxygens (including phenoxy) is 2. The molecule has 0 saturated carbocycles. The van der Waals surface area contributed by atoms with Crippen molar-refractivity contribution >= 4 is 25.7 Å². The zero-order chi connectivity index (χ0) is 27.5. The van der Waals surface area contributed by atoms with Crippen LogP contribution in [0.25, 0.3) is 0 Å². The van der Waals surface area contributed by atoms with Crippen molar-refractivity contribution < 1.29 is 48.3 Å². The number of amides is 3. The fraction of sp³-hybridized carbons (Fsp3) is 0.591. The van der Waals surface area contributed by atoms with Crippen LogP contribution in [-0.2, 0) is 28.2 Å². The average Bonchev–Trinajstić information content (AvgIpc) is 3.01. The Balaban J connectivity index is 1.77. The molecule has 0 bridgehead atoms. The number of halogens is 1. The molecule has 0 radical (unpaired) electrons. The summed E-state index contributed by atoms with van der Waals surface area (Å²) in [6, 6.07) is 5.74. The van der Waals surface area contributed by atoms with Crippen LogP contribution in [0.2, 0.25) is 0 Å². The minimum Gasteiger partial charge on any atom is -0.462 e. The van der Waals surface area contributed by atoms with E-state index in [-0.39, 0.29) is 5.75 Å². The minimum absolute atomic E-state index is 0.135. The van der Waals surface area contributed by atoms with Crippen molar-refractivity contribution in [2.75, 3.05) is 13.1 Å². The summed E-state index contributed by atoms with van der Waals surface area (Å²) in [4.78, 5) is 36.7. The molecular formula is C22H31FN3O9P. The van der Waals surface area contributed by atoms with Crippen LogP contribution in [0.3, 0.4) is 0 Å². The van der Waals surface area contributed by atoms with Crippen molar-refractivity contribution in [2.24, 2.45) is 0 Å². The molecule has 0 spiro atoms. The second kappa shape index (κ2) is 11.2. The molecule has 3 N–H and O–H groups in total. The van der Waals surface area contributed by atoms with Gasteiger partial charge in [0.05, 0.1) is 14.1 Å². The Morgan fingerprint density at radius 3 is 2.67 bits per heavy atom. The Hall–Kier alpha value is -2.57. The summed E-state index contributed by atoms with van der Waals surface area (Å²) < 4.78 is 58.8. The van der Waals surface area contributed by atoms with Gasteiger partial charge in [0, 0.05) is 12.9 Å². The van der Waals surface area contributed by atoms with Gasteiger partial charge in [0.25, 0.3) is 0 Å². The third kappa shape index (κ3) is 6.60. The van der Waals surface area contributed by atoms with Gasteiger partial charge in [0.2, 0.25) is 5.91 Å². The molecule has 3 amide bonds. The predicted octanol–water partition coefficient (Wildman–Crippen LogP) is 1.88. The first-order valence-corrected chi connectivity index (χ1v) is 12.8. The van der Waals surface area contributed by atoms with E-state index in [1.807, 2.05) is 5.32 Å². The number of nitrogens with one attached hydrogen (secondary N) is 2. The normalized spacial score (nSPS) is 31.4. The first kappa shape index (κ1) is 26.5. The number of rotatable bonds is 10. The Labute approximate surface area is 209 Å². The number of urea groups is 1. The monoisotopic (exact) mass is 532 g/mol. The van der Waals surface area contributed by atoms with E-state index in [1.54, 1.807) is 32.0 Å². The molecule has 2 heterocycles. The van der Waals surface area contributed by atoms with Crippen molar-refractivity contribution in [3.05, 3.63) is 30.3 Å². The molecule has 2 aliphatic heterocycles. The molecule has 3 rings (SSSR count). The second-order valence-electron chi connectivity index (χ2n) is 8.80. The molecule has 0 aromatic heterocycles. The summed E-state index contributed by atoms with van der Waals surface area (Å²) >= 11 is 0. The number of benzene rings is 1. The maximum Gasteiger partial charge on any atom is 0.459 e. The first-order valence-electron chi connectivity index (χ1n) is 11.9. The van der Waals surface area contributed by atoms with Gasteiger partial charge < -0.3 is 19.1 Å². The fourth-order valence-electron chi connectivity index (χ4n) is 3.56. The predicted molar refractivity (Wildman–Crippen MR) is 123 cm³/mol. The van der Waals surface area contributed by atoms with Crippen LogP contribution in [0.15, 0.2) is 30.3 Å². The highest BCUT2D eigenvalue weighted by atomic mass is 31.2. The van der Waals surface area contributed by atoms with Gasteiger partial charge in [-0.3, -0.25) is 24.3 Å². The first-order chi connectivity index (χ1) is 17.2. The number of hydrogen-bond acceptors (Lipinski definition) is 9. The number of imide groups is 1. The summed E-state index contributed by atoms with van der Waals surface area (Å²) in [5.41, 5.74) is -2.57. The molecule has 2 saturated heterocycles. The molecule has 7 atom stereocenters. The lowest BCUT2D eigenvalue weighted by Gasteiger charge is -2.35. The van der Waals surface area contributed by atoms with Crippen molar-refractivity contribution in [1.29, 1.82) is 0 Å². The lowest BCUT2D eigenvalue weighted by molar-refractivity contribution is -0.149. The maximum absolute atomic E-state index is 15.6. The highest BCUT2D eigenvalue weighted by Gasteiger charge is 2.58. The quantitative estimate of drug-likeness (QED) is 0.301. The summed E-state index contributed by atoms with van der Waals surface area (Å²) in [6.45, 7) is 3.51. The third-order valence-electron chi connectivity index (χ3n) is 5.36. The largest absolute Gasteiger partial charge is 0.462 e. The highest BCUT2D eigenvalue weighted by Crippen LogP contribution is 2.46. The van der Waals surface area contributed by atoms with Gasteiger partial charge in [0.15, 0.2) is 11.9 Å². The smallest absolute Gasteiger partial charge is 0.459 e. The number of hydrogen-bond donors (Lipinski definition) is 3. The minimum atomic E-state index is -4.34. The molecule has 36 heavy (non-hydrogen) atoms. The van der Waals surface area contributed by atoms with E-state index in [0.29, 0.717) is 4.90 Å². The number of alkyl halides is 1. The lowest BCUT2D eigenvalue weighted by Crippen LogP contribution is -2.59. The topological polar surface area (TPSA) is 153 Å². The van der Waals surface area contributed by atoms with Gasteiger partial charge in [-0.1, -0.05) is 18.2 Å². The van der Waals surface area contributed by atoms with Gasteiger partial charge in [-0.25, -0.2) is 13.8 Å². The zero-order valence-corrected chi connectivity index (χ0v) is 21.1. The molecule has 14 heteroatoms. The van der Waals surface area contributed by atoms with Gasteiger partial charge in [0.1, 0.15) is 24.0 Å². The van der Waals surface area contributed by atoms with Crippen LogP contribution in [0, 0.1) is 0 Å². The average molecular weight is 532 g/mol. The van der Waals surface area contributed by atoms with E-state index in [9.17, 15) is 24.1 Å². The number of carbonyl (C=O) groups is 3. The summed E-state index contributed by atoms with van der Waals surface area (Å²) in [5, 5.41) is 15.1. The number of nitrogens with zero attached hydrogens (tertiary/aromatic N) is 1. The van der Waals surface area contributed by atoms with Crippen molar-refractivity contribution in [1.82, 2.24) is 15.3 Å². The van der Waals surface area contributed by atoms with E-state index in [2.05, 4.69) is 5.09 Å². The zero-order valence-electron chi connectivity index (χ0n) is 21.3. The summed E-state index contributed by atoms with van der Waals surface area (Å²) in [7, 11) is -4.34. The van der Waals surface area contributed by atoms with E-state index < -0.39 is 81.5 Å². The lowest BCUT2D eigenvalue weighted by atomic mass is 9.97. The molecule has 2 fully saturated rings. The van der Waals surface area contributed by atoms with Crippen LogP contribution in [-0.4, -0.2) is 77.3 Å². The van der Waals surface area contributed by atoms with Crippen molar-refractivity contribution in [3.8, 4) is 5.75 Å². The van der Waals surface area contributed by atoms with Crippen LogP contribution >= 0.6 is 7.75 Å². The fourth-order valence-corrected chi connectivity index (χ4v) is 5.06. The Kier molecular flexibility index (Phi) is 8.26. The molecule has 2 aliphatic rings. The van der Waals surface area contributed by atoms with Crippen molar-refractivity contribution in [2.45, 2.75) is 70.4 Å². The molecule has 0 aliphatic carbocycles. The Morgan fingerprint density at radius 2 is 2.06 bits per heavy atom. The van der Waals surface area contributed by atoms with E-state index in [1.165, 1.54) is 19.1 Å². The number of aliphatic hydroxyl groups excluding tert-OH is 1. The SMILES string of the molecule is [2H]C1CC(=O)NC(=O)N1[C@@H]1O[C@H](CO[P@@](=O)(N[C@@H](C)C(=O)OC(C)C)Oc2ccccc2)[C@@H](O)[C@@]1(C)F. The van der Waals surface area contributed by atoms with Gasteiger partial charge in [-0.15, -0.1) is 0 Å². The number of carbonyl (C=O) groups excluding carboxylic acids is 3. The van der Waals surface area contributed by atoms with E-state index >= 15 is 4.39 Å². The summed E-state index contributed by atoms with van der Waals surface area (Å²) in [6.07, 6.45) is -5.91. The maximum atomic E-state index is 15.6. The standard InChI is InChI=1S/C22H31FN3O9P/c1-13(2)33-19(29)14(3)25-36(31,35-15-8-6-5-7-9-15)32-12-16-18(28)22(4,23)20(34-16)26-11-10-17(27)24-21(26)30/h5-9,13-14,16,18,20,28H,10-12H2,1-4H3,(H,25,31)(H,24,27,30)/t14-,16+,18+,20+,22+,36-/m0/s1/i11D/t11?,14-,16+,18+,20+,22+,36-.